The van der Waals surface area contributed by atoms with Gasteiger partial charge in [-0.2, -0.15) is 4.80 Å². The molecule has 1 fully saturated rings. The number of rotatable bonds is 2. The highest BCUT2D eigenvalue weighted by Gasteiger charge is 2.13. The predicted molar refractivity (Wildman–Crippen MR) is 41.8 cm³/mol. The second-order valence-corrected chi connectivity index (χ2v) is 2.88. The molecule has 0 bridgehead atoms. The second kappa shape index (κ2) is 3.16. The molecule has 0 atom stereocenters. The van der Waals surface area contributed by atoms with E-state index in [9.17, 15) is 0 Å². The molecule has 0 spiro atoms. The molecule has 0 amide bonds. The van der Waals surface area contributed by atoms with Crippen LogP contribution in [0.1, 0.15) is 12.2 Å². The van der Waals surface area contributed by atoms with Crippen molar-refractivity contribution in [3.63, 3.8) is 0 Å². The highest BCUT2D eigenvalue weighted by molar-refractivity contribution is 4.77. The van der Waals surface area contributed by atoms with Crippen LogP contribution in [0.25, 0.3) is 0 Å². The molecule has 0 aromatic carbocycles. The van der Waals surface area contributed by atoms with Crippen LogP contribution < -0.4 is 5.43 Å². The van der Waals surface area contributed by atoms with Crippen molar-refractivity contribution in [3.05, 3.63) is 5.82 Å². The van der Waals surface area contributed by atoms with Crippen molar-refractivity contribution in [1.82, 2.24) is 30.6 Å². The lowest BCUT2D eigenvalue weighted by atomic mass is 10.4. The van der Waals surface area contributed by atoms with Crippen molar-refractivity contribution in [1.29, 1.82) is 0 Å². The maximum Gasteiger partial charge on any atom is 0.190 e. The molecule has 1 aromatic heterocycles. The normalized spacial score (nSPS) is 18.8. The summed E-state index contributed by atoms with van der Waals surface area (Å²) in [6.45, 7) is 2.87. The van der Waals surface area contributed by atoms with Crippen LogP contribution in [0.4, 0.5) is 0 Å². The highest BCUT2D eigenvalue weighted by Crippen LogP contribution is 1.99. The monoisotopic (exact) mass is 168 g/mol. The van der Waals surface area contributed by atoms with Gasteiger partial charge >= 0.3 is 0 Å². The first kappa shape index (κ1) is 7.63. The first-order valence-corrected chi connectivity index (χ1v) is 4.06. The Balaban J connectivity index is 1.94. The topological polar surface area (TPSA) is 58.9 Å². The number of aromatic nitrogens is 4. The van der Waals surface area contributed by atoms with Crippen LogP contribution in [-0.4, -0.2) is 38.3 Å². The average Bonchev–Trinajstić information content (AvgIpc) is 2.63. The molecule has 12 heavy (non-hydrogen) atoms. The predicted octanol–water partition coefficient (Wildman–Crippen LogP) is -1.08. The van der Waals surface area contributed by atoms with E-state index in [4.69, 9.17) is 0 Å². The third-order valence-corrected chi connectivity index (χ3v) is 1.82. The van der Waals surface area contributed by atoms with Gasteiger partial charge in [0.2, 0.25) is 0 Å². The zero-order valence-corrected chi connectivity index (χ0v) is 7.06. The molecule has 1 N–H and O–H groups in total. The van der Waals surface area contributed by atoms with E-state index in [1.54, 1.807) is 7.05 Å². The van der Waals surface area contributed by atoms with Crippen LogP contribution in [0.5, 0.6) is 0 Å². The lowest BCUT2D eigenvalue weighted by molar-refractivity contribution is 0.238. The third kappa shape index (κ3) is 1.59. The van der Waals surface area contributed by atoms with Crippen LogP contribution in [0.15, 0.2) is 0 Å². The van der Waals surface area contributed by atoms with E-state index >= 15 is 0 Å². The van der Waals surface area contributed by atoms with Crippen molar-refractivity contribution in [2.75, 3.05) is 13.1 Å². The van der Waals surface area contributed by atoms with Gasteiger partial charge < -0.3 is 0 Å². The van der Waals surface area contributed by atoms with Gasteiger partial charge in [-0.3, -0.25) is 5.43 Å². The average molecular weight is 168 g/mol. The Morgan fingerprint density at radius 2 is 2.50 bits per heavy atom. The Morgan fingerprint density at radius 1 is 1.58 bits per heavy atom. The van der Waals surface area contributed by atoms with E-state index in [0.29, 0.717) is 0 Å². The van der Waals surface area contributed by atoms with E-state index in [1.165, 1.54) is 11.2 Å². The first-order chi connectivity index (χ1) is 5.84. The molecule has 2 rings (SSSR count). The van der Waals surface area contributed by atoms with Crippen molar-refractivity contribution in [2.45, 2.75) is 13.0 Å². The Kier molecular flexibility index (Phi) is 2.01. The summed E-state index contributed by atoms with van der Waals surface area (Å²) in [4.78, 5) is 1.48. The van der Waals surface area contributed by atoms with Gasteiger partial charge in [0.25, 0.3) is 0 Å². The smallest absolute Gasteiger partial charge is 0.190 e. The van der Waals surface area contributed by atoms with Crippen molar-refractivity contribution >= 4 is 0 Å². The molecular formula is C6H12N6. The summed E-state index contributed by atoms with van der Waals surface area (Å²) in [5.74, 6) is 0.770. The fourth-order valence-corrected chi connectivity index (χ4v) is 1.28. The summed E-state index contributed by atoms with van der Waals surface area (Å²) in [6, 6.07) is 0. The van der Waals surface area contributed by atoms with Gasteiger partial charge in [0.05, 0.1) is 13.6 Å². The Labute approximate surface area is 70.5 Å². The Morgan fingerprint density at radius 3 is 3.08 bits per heavy atom. The van der Waals surface area contributed by atoms with E-state index in [-0.39, 0.29) is 0 Å². The SMILES string of the molecule is Cn1nnc(CN2CCCN2)n1. The number of hydrogen-bond donors (Lipinski definition) is 1. The molecular weight excluding hydrogens is 156 g/mol. The van der Waals surface area contributed by atoms with Crippen molar-refractivity contribution < 1.29 is 0 Å². The van der Waals surface area contributed by atoms with Crippen LogP contribution in [0, 0.1) is 0 Å². The largest absolute Gasteiger partial charge is 0.255 e. The molecule has 1 aliphatic heterocycles. The number of nitrogens with zero attached hydrogens (tertiary/aromatic N) is 5. The van der Waals surface area contributed by atoms with Gasteiger partial charge in [0.1, 0.15) is 0 Å². The zero-order valence-electron chi connectivity index (χ0n) is 7.06. The van der Waals surface area contributed by atoms with Gasteiger partial charge in [0.15, 0.2) is 5.82 Å². The minimum Gasteiger partial charge on any atom is -0.255 e. The van der Waals surface area contributed by atoms with Gasteiger partial charge in [-0.25, -0.2) is 5.01 Å². The van der Waals surface area contributed by atoms with Crippen molar-refractivity contribution in [3.8, 4) is 0 Å². The summed E-state index contributed by atoms with van der Waals surface area (Å²) in [5, 5.41) is 13.9. The lowest BCUT2D eigenvalue weighted by Crippen LogP contribution is -2.30. The van der Waals surface area contributed by atoms with E-state index in [2.05, 4.69) is 25.8 Å². The van der Waals surface area contributed by atoms with Crippen LogP contribution in [0.2, 0.25) is 0 Å². The molecule has 0 aliphatic carbocycles. The van der Waals surface area contributed by atoms with Crippen LogP contribution >= 0.6 is 0 Å². The maximum atomic E-state index is 4.09. The highest BCUT2D eigenvalue weighted by atomic mass is 15.6. The van der Waals surface area contributed by atoms with Gasteiger partial charge in [-0.1, -0.05) is 0 Å². The van der Waals surface area contributed by atoms with Gasteiger partial charge in [-0.15, -0.1) is 10.2 Å². The first-order valence-electron chi connectivity index (χ1n) is 4.06. The van der Waals surface area contributed by atoms with Gasteiger partial charge in [0, 0.05) is 13.1 Å². The lowest BCUT2D eigenvalue weighted by Gasteiger charge is -2.11. The molecule has 66 valence electrons. The van der Waals surface area contributed by atoms with Crippen molar-refractivity contribution in [2.24, 2.45) is 7.05 Å². The Bertz CT molecular complexity index is 250. The van der Waals surface area contributed by atoms with E-state index < -0.39 is 0 Å². The number of hydrogen-bond acceptors (Lipinski definition) is 5. The molecule has 0 radical (unpaired) electrons. The Hall–Kier alpha value is -1.01. The second-order valence-electron chi connectivity index (χ2n) is 2.88. The van der Waals surface area contributed by atoms with Gasteiger partial charge in [-0.05, 0) is 11.6 Å². The van der Waals surface area contributed by atoms with Crippen LogP contribution in [0.3, 0.4) is 0 Å². The molecule has 2 heterocycles. The fourth-order valence-electron chi connectivity index (χ4n) is 1.28. The van der Waals surface area contributed by atoms with E-state index in [0.717, 1.165) is 25.5 Å². The summed E-state index contributed by atoms with van der Waals surface area (Å²) in [5.41, 5.74) is 3.23. The molecule has 1 aromatic rings. The minimum atomic E-state index is 0.744. The molecule has 1 saturated heterocycles. The third-order valence-electron chi connectivity index (χ3n) is 1.82. The maximum absolute atomic E-state index is 4.09. The molecule has 1 aliphatic rings. The summed E-state index contributed by atoms with van der Waals surface area (Å²) in [7, 11) is 1.77. The summed E-state index contributed by atoms with van der Waals surface area (Å²) < 4.78 is 0. The number of aryl methyl sites for hydroxylation is 1. The summed E-state index contributed by atoms with van der Waals surface area (Å²) in [6.07, 6.45) is 1.19. The molecule has 6 heteroatoms. The zero-order chi connectivity index (χ0) is 8.39. The van der Waals surface area contributed by atoms with Crippen LogP contribution in [-0.2, 0) is 13.6 Å². The molecule has 0 unspecified atom stereocenters. The number of hydrazine groups is 1. The standard InChI is InChI=1S/C6H12N6/c1-11-9-6(8-10-11)5-12-4-2-3-7-12/h7H,2-5H2,1H3. The van der Waals surface area contributed by atoms with E-state index in [1.807, 2.05) is 0 Å². The minimum absolute atomic E-state index is 0.744. The molecule has 6 nitrogen and oxygen atoms in total. The fraction of sp³-hybridized carbons (Fsp3) is 0.833. The molecule has 0 saturated carbocycles. The number of tetrazole rings is 1. The quantitative estimate of drug-likeness (QED) is 0.608. The number of nitrogens with one attached hydrogen (secondary N) is 1. The summed E-state index contributed by atoms with van der Waals surface area (Å²) >= 11 is 0.